The SMILES string of the molecule is COc1cc(Nc2ncc(Br)c(Nc3ccccc3CN(C)CC#N)n2)cc(OC)c1OC. The summed E-state index contributed by atoms with van der Waals surface area (Å²) in [6, 6.07) is 13.6. The Morgan fingerprint density at radius 3 is 2.39 bits per heavy atom. The van der Waals surface area contributed by atoms with E-state index in [2.05, 4.69) is 42.6 Å². The van der Waals surface area contributed by atoms with Crippen LogP contribution in [0.4, 0.5) is 23.1 Å². The maximum absolute atomic E-state index is 8.94. The zero-order valence-electron chi connectivity index (χ0n) is 18.8. The number of hydrogen-bond acceptors (Lipinski definition) is 9. The van der Waals surface area contributed by atoms with Gasteiger partial charge in [0, 0.05) is 36.2 Å². The average molecular weight is 513 g/mol. The van der Waals surface area contributed by atoms with Crippen LogP contribution in [0.3, 0.4) is 0 Å². The third-order valence-electron chi connectivity index (χ3n) is 4.72. The van der Waals surface area contributed by atoms with Crippen molar-refractivity contribution in [2.24, 2.45) is 0 Å². The van der Waals surface area contributed by atoms with E-state index >= 15 is 0 Å². The Balaban J connectivity index is 1.87. The van der Waals surface area contributed by atoms with Gasteiger partial charge in [-0.2, -0.15) is 10.2 Å². The van der Waals surface area contributed by atoms with Crippen LogP contribution in [0.15, 0.2) is 47.1 Å². The van der Waals surface area contributed by atoms with Crippen LogP contribution in [0, 0.1) is 11.3 Å². The Morgan fingerprint density at radius 2 is 1.76 bits per heavy atom. The van der Waals surface area contributed by atoms with Crippen LogP contribution in [0.2, 0.25) is 0 Å². The third-order valence-corrected chi connectivity index (χ3v) is 5.30. The Hall–Kier alpha value is -3.55. The first-order chi connectivity index (χ1) is 16.0. The van der Waals surface area contributed by atoms with Crippen LogP contribution in [0.25, 0.3) is 0 Å². The molecule has 0 aliphatic heterocycles. The summed E-state index contributed by atoms with van der Waals surface area (Å²) in [4.78, 5) is 10.9. The largest absolute Gasteiger partial charge is 0.493 e. The minimum atomic E-state index is 0.342. The Morgan fingerprint density at radius 1 is 1.06 bits per heavy atom. The minimum absolute atomic E-state index is 0.342. The number of halogens is 1. The Kier molecular flexibility index (Phi) is 8.29. The second-order valence-electron chi connectivity index (χ2n) is 7.04. The lowest BCUT2D eigenvalue weighted by atomic mass is 10.1. The van der Waals surface area contributed by atoms with Crippen molar-refractivity contribution in [3.05, 3.63) is 52.6 Å². The summed E-state index contributed by atoms with van der Waals surface area (Å²) in [6.45, 7) is 0.963. The van der Waals surface area contributed by atoms with Gasteiger partial charge in [-0.25, -0.2) is 4.98 Å². The highest BCUT2D eigenvalue weighted by Crippen LogP contribution is 2.40. The molecule has 172 valence electrons. The zero-order chi connectivity index (χ0) is 23.8. The van der Waals surface area contributed by atoms with Crippen LogP contribution in [-0.2, 0) is 6.54 Å². The number of ether oxygens (including phenoxy) is 3. The summed E-state index contributed by atoms with van der Waals surface area (Å²) >= 11 is 3.51. The Bertz CT molecular complexity index is 1130. The molecule has 10 heteroatoms. The van der Waals surface area contributed by atoms with Gasteiger partial charge in [0.2, 0.25) is 11.7 Å². The molecule has 0 fully saturated rings. The van der Waals surface area contributed by atoms with Crippen molar-refractivity contribution in [3.8, 4) is 23.3 Å². The van der Waals surface area contributed by atoms with Gasteiger partial charge in [0.25, 0.3) is 0 Å². The van der Waals surface area contributed by atoms with E-state index in [1.807, 2.05) is 36.2 Å². The number of para-hydroxylation sites is 1. The zero-order valence-corrected chi connectivity index (χ0v) is 20.4. The smallest absolute Gasteiger partial charge is 0.229 e. The van der Waals surface area contributed by atoms with Crippen molar-refractivity contribution in [2.45, 2.75) is 6.54 Å². The van der Waals surface area contributed by atoms with Crippen molar-refractivity contribution in [1.82, 2.24) is 14.9 Å². The average Bonchev–Trinajstić information content (AvgIpc) is 2.81. The second-order valence-corrected chi connectivity index (χ2v) is 7.90. The molecule has 3 rings (SSSR count). The summed E-state index contributed by atoms with van der Waals surface area (Å²) in [5, 5.41) is 15.5. The molecule has 0 saturated carbocycles. The topological polar surface area (TPSA) is 105 Å². The molecule has 0 amide bonds. The molecule has 3 aromatic rings. The Labute approximate surface area is 201 Å². The van der Waals surface area contributed by atoms with Gasteiger partial charge in [-0.1, -0.05) is 18.2 Å². The number of rotatable bonds is 10. The lowest BCUT2D eigenvalue weighted by molar-refractivity contribution is 0.324. The van der Waals surface area contributed by atoms with E-state index in [4.69, 9.17) is 19.5 Å². The van der Waals surface area contributed by atoms with Crippen LogP contribution in [-0.4, -0.2) is 49.8 Å². The summed E-state index contributed by atoms with van der Waals surface area (Å²) < 4.78 is 16.9. The molecule has 0 atom stereocenters. The van der Waals surface area contributed by atoms with E-state index in [0.717, 1.165) is 11.3 Å². The summed E-state index contributed by atoms with van der Waals surface area (Å²) in [5.41, 5.74) is 2.61. The highest BCUT2D eigenvalue weighted by atomic mass is 79.9. The van der Waals surface area contributed by atoms with E-state index in [1.54, 1.807) is 39.7 Å². The van der Waals surface area contributed by atoms with Gasteiger partial charge in [0.15, 0.2) is 11.5 Å². The van der Waals surface area contributed by atoms with Crippen LogP contribution in [0.1, 0.15) is 5.56 Å². The molecular formula is C23H25BrN6O3. The summed E-state index contributed by atoms with van der Waals surface area (Å²) in [7, 11) is 6.58. The predicted octanol–water partition coefficient (Wildman–Crippen LogP) is 4.71. The van der Waals surface area contributed by atoms with Crippen molar-refractivity contribution in [1.29, 1.82) is 5.26 Å². The molecule has 1 heterocycles. The van der Waals surface area contributed by atoms with Gasteiger partial charge < -0.3 is 24.8 Å². The van der Waals surface area contributed by atoms with E-state index in [-0.39, 0.29) is 0 Å². The normalized spacial score (nSPS) is 10.5. The lowest BCUT2D eigenvalue weighted by Gasteiger charge is -2.18. The number of anilines is 4. The predicted molar refractivity (Wildman–Crippen MR) is 131 cm³/mol. The van der Waals surface area contributed by atoms with E-state index in [1.165, 1.54) is 0 Å². The number of aromatic nitrogens is 2. The quantitative estimate of drug-likeness (QED) is 0.373. The van der Waals surface area contributed by atoms with Crippen molar-refractivity contribution < 1.29 is 14.2 Å². The molecule has 0 unspecified atom stereocenters. The van der Waals surface area contributed by atoms with E-state index in [9.17, 15) is 0 Å². The molecule has 2 aromatic carbocycles. The summed E-state index contributed by atoms with van der Waals surface area (Å²) in [5.74, 6) is 2.52. The van der Waals surface area contributed by atoms with Gasteiger partial charge in [-0.3, -0.25) is 4.90 Å². The van der Waals surface area contributed by atoms with Gasteiger partial charge in [-0.15, -0.1) is 0 Å². The second kappa shape index (κ2) is 11.4. The van der Waals surface area contributed by atoms with Gasteiger partial charge in [0.05, 0.1) is 38.4 Å². The lowest BCUT2D eigenvalue weighted by Crippen LogP contribution is -2.18. The van der Waals surface area contributed by atoms with Crippen molar-refractivity contribution in [2.75, 3.05) is 45.6 Å². The molecular weight excluding hydrogens is 488 g/mol. The maximum Gasteiger partial charge on any atom is 0.229 e. The third kappa shape index (κ3) is 6.03. The minimum Gasteiger partial charge on any atom is -0.493 e. The van der Waals surface area contributed by atoms with Crippen LogP contribution in [0.5, 0.6) is 17.2 Å². The maximum atomic E-state index is 8.94. The first-order valence-electron chi connectivity index (χ1n) is 9.99. The van der Waals surface area contributed by atoms with E-state index < -0.39 is 0 Å². The molecule has 0 saturated heterocycles. The summed E-state index contributed by atoms with van der Waals surface area (Å²) in [6.07, 6.45) is 1.67. The molecule has 1 aromatic heterocycles. The number of nitrogens with one attached hydrogen (secondary N) is 2. The molecule has 0 radical (unpaired) electrons. The highest BCUT2D eigenvalue weighted by molar-refractivity contribution is 9.10. The fraction of sp³-hybridized carbons (Fsp3) is 0.261. The van der Waals surface area contributed by atoms with Crippen molar-refractivity contribution >= 4 is 39.1 Å². The molecule has 2 N–H and O–H groups in total. The number of nitriles is 1. The van der Waals surface area contributed by atoms with Gasteiger partial charge in [-0.05, 0) is 34.6 Å². The molecule has 0 aliphatic rings. The van der Waals surface area contributed by atoms with Gasteiger partial charge in [0.1, 0.15) is 5.82 Å². The molecule has 0 aliphatic carbocycles. The number of hydrogen-bond donors (Lipinski definition) is 2. The molecule has 9 nitrogen and oxygen atoms in total. The number of methoxy groups -OCH3 is 3. The monoisotopic (exact) mass is 512 g/mol. The first-order valence-corrected chi connectivity index (χ1v) is 10.8. The number of nitrogens with zero attached hydrogens (tertiary/aromatic N) is 4. The highest BCUT2D eigenvalue weighted by Gasteiger charge is 2.15. The van der Waals surface area contributed by atoms with Crippen LogP contribution < -0.4 is 24.8 Å². The van der Waals surface area contributed by atoms with Crippen molar-refractivity contribution in [3.63, 3.8) is 0 Å². The standard InChI is InChI=1S/C23H25BrN6O3/c1-30(10-9-25)14-15-7-5-6-8-18(15)28-22-17(24)13-26-23(29-22)27-16-11-19(31-2)21(33-4)20(12-16)32-3/h5-8,11-13H,10,14H2,1-4H3,(H2,26,27,28,29). The van der Waals surface area contributed by atoms with E-state index in [0.29, 0.717) is 52.3 Å². The molecule has 0 bridgehead atoms. The van der Waals surface area contributed by atoms with Crippen LogP contribution >= 0.6 is 15.9 Å². The van der Waals surface area contributed by atoms with Gasteiger partial charge >= 0.3 is 0 Å². The molecule has 33 heavy (non-hydrogen) atoms. The fourth-order valence-corrected chi connectivity index (χ4v) is 3.46. The molecule has 0 spiro atoms. The number of benzene rings is 2. The fourth-order valence-electron chi connectivity index (χ4n) is 3.17. The first kappa shape index (κ1) is 24.1.